The van der Waals surface area contributed by atoms with Crippen LogP contribution in [0.15, 0.2) is 15.6 Å². The van der Waals surface area contributed by atoms with Gasteiger partial charge in [-0.2, -0.15) is 0 Å². The van der Waals surface area contributed by atoms with Gasteiger partial charge in [0.25, 0.3) is 10.0 Å². The molecule has 2 atom stereocenters. The topological polar surface area (TPSA) is 73.3 Å². The minimum atomic E-state index is -3.68. The highest BCUT2D eigenvalue weighted by molar-refractivity contribution is 7.89. The second-order valence-electron chi connectivity index (χ2n) is 4.58. The van der Waals surface area contributed by atoms with Gasteiger partial charge in [0, 0.05) is 12.0 Å². The lowest BCUT2D eigenvalue weighted by molar-refractivity contribution is 0.371. The molecule has 1 saturated carbocycles. The van der Waals surface area contributed by atoms with Gasteiger partial charge in [-0.25, -0.2) is 13.6 Å². The average Bonchev–Trinajstić information content (AvgIpc) is 2.70. The van der Waals surface area contributed by atoms with E-state index in [1.807, 2.05) is 0 Å². The first kappa shape index (κ1) is 9.42. The van der Waals surface area contributed by atoms with E-state index in [1.54, 1.807) is 6.07 Å². The van der Waals surface area contributed by atoms with Crippen molar-refractivity contribution in [3.8, 4) is 0 Å². The molecule has 0 spiro atoms. The summed E-state index contributed by atoms with van der Waals surface area (Å²) in [6.07, 6.45) is 4.45. The maximum absolute atomic E-state index is 11.1. The highest BCUT2D eigenvalue weighted by atomic mass is 32.2. The minimum Gasteiger partial charge on any atom is -0.448 e. The SMILES string of the molecule is NS(=O)(=O)c1cc2c(o1)C1CCC(C2)C1. The lowest BCUT2D eigenvalue weighted by Gasteiger charge is -2.16. The van der Waals surface area contributed by atoms with E-state index in [9.17, 15) is 8.42 Å². The van der Waals surface area contributed by atoms with E-state index < -0.39 is 10.0 Å². The molecule has 3 rings (SSSR count). The summed E-state index contributed by atoms with van der Waals surface area (Å²) >= 11 is 0. The van der Waals surface area contributed by atoms with Crippen LogP contribution in [0, 0.1) is 5.92 Å². The largest absolute Gasteiger partial charge is 0.448 e. The van der Waals surface area contributed by atoms with E-state index >= 15 is 0 Å². The molecule has 4 nitrogen and oxygen atoms in total. The normalized spacial score (nSPS) is 29.1. The number of hydrogen-bond acceptors (Lipinski definition) is 3. The van der Waals surface area contributed by atoms with Crippen LogP contribution in [0.2, 0.25) is 0 Å². The van der Waals surface area contributed by atoms with Gasteiger partial charge in [-0.05, 0) is 37.2 Å². The van der Waals surface area contributed by atoms with Crippen molar-refractivity contribution in [1.82, 2.24) is 0 Å². The van der Waals surface area contributed by atoms with Gasteiger partial charge in [0.05, 0.1) is 0 Å². The molecular formula is C10H13NO3S. The predicted octanol–water partition coefficient (Wildman–Crippen LogP) is 1.37. The molecule has 1 aromatic heterocycles. The van der Waals surface area contributed by atoms with Gasteiger partial charge in [-0.1, -0.05) is 0 Å². The maximum atomic E-state index is 11.1. The lowest BCUT2D eigenvalue weighted by atomic mass is 9.88. The Kier molecular flexibility index (Phi) is 1.79. The summed E-state index contributed by atoms with van der Waals surface area (Å²) < 4.78 is 27.7. The van der Waals surface area contributed by atoms with Crippen molar-refractivity contribution in [1.29, 1.82) is 0 Å². The number of sulfonamides is 1. The van der Waals surface area contributed by atoms with Gasteiger partial charge >= 0.3 is 0 Å². The van der Waals surface area contributed by atoms with Crippen molar-refractivity contribution in [3.63, 3.8) is 0 Å². The summed E-state index contributed by atoms with van der Waals surface area (Å²) in [6.45, 7) is 0. The first-order valence-corrected chi connectivity index (χ1v) is 6.74. The number of furan rings is 1. The third kappa shape index (κ3) is 1.41. The standard InChI is InChI=1S/C10H13NO3S/c11-15(12,13)9-5-8-4-6-1-2-7(3-6)10(8)14-9/h5-7H,1-4H2,(H2,11,12,13). The number of hydrogen-bond donors (Lipinski definition) is 1. The molecule has 0 aromatic carbocycles. The van der Waals surface area contributed by atoms with Crippen LogP contribution < -0.4 is 5.14 Å². The van der Waals surface area contributed by atoms with Crippen molar-refractivity contribution >= 4 is 10.0 Å². The van der Waals surface area contributed by atoms with Crippen LogP contribution in [0.25, 0.3) is 0 Å². The van der Waals surface area contributed by atoms with Crippen LogP contribution in [-0.4, -0.2) is 8.42 Å². The lowest BCUT2D eigenvalue weighted by Crippen LogP contribution is -2.10. The van der Waals surface area contributed by atoms with Gasteiger partial charge < -0.3 is 4.42 Å². The first-order valence-electron chi connectivity index (χ1n) is 5.19. The molecule has 2 aliphatic carbocycles. The van der Waals surface area contributed by atoms with Crippen molar-refractivity contribution in [2.75, 3.05) is 0 Å². The summed E-state index contributed by atoms with van der Waals surface area (Å²) in [5, 5.41) is 4.98. The summed E-state index contributed by atoms with van der Waals surface area (Å²) in [7, 11) is -3.68. The molecule has 2 bridgehead atoms. The molecule has 1 heterocycles. The average molecular weight is 227 g/mol. The van der Waals surface area contributed by atoms with Crippen molar-refractivity contribution in [2.24, 2.45) is 11.1 Å². The van der Waals surface area contributed by atoms with Crippen molar-refractivity contribution in [3.05, 3.63) is 17.4 Å². The Morgan fingerprint density at radius 3 is 2.93 bits per heavy atom. The Labute approximate surface area is 88.5 Å². The Bertz CT molecular complexity index is 503. The molecule has 2 N–H and O–H groups in total. The molecule has 2 unspecified atom stereocenters. The zero-order chi connectivity index (χ0) is 10.6. The molecule has 0 amide bonds. The fraction of sp³-hybridized carbons (Fsp3) is 0.600. The van der Waals surface area contributed by atoms with E-state index in [4.69, 9.17) is 9.56 Å². The van der Waals surface area contributed by atoms with E-state index in [1.165, 1.54) is 6.42 Å². The Balaban J connectivity index is 2.10. The minimum absolute atomic E-state index is 0.0694. The molecule has 0 saturated heterocycles. The number of rotatable bonds is 1. The van der Waals surface area contributed by atoms with E-state index in [0.29, 0.717) is 11.8 Å². The first-order chi connectivity index (χ1) is 7.04. The predicted molar refractivity (Wildman–Crippen MR) is 53.9 cm³/mol. The Hall–Kier alpha value is -0.810. The molecular weight excluding hydrogens is 214 g/mol. The third-order valence-corrected chi connectivity index (χ3v) is 4.28. The molecule has 0 radical (unpaired) electrons. The Morgan fingerprint density at radius 2 is 2.20 bits per heavy atom. The van der Waals surface area contributed by atoms with Gasteiger partial charge in [-0.3, -0.25) is 0 Å². The summed E-state index contributed by atoms with van der Waals surface area (Å²) in [5.74, 6) is 2.01. The highest BCUT2D eigenvalue weighted by Gasteiger charge is 2.36. The smallest absolute Gasteiger partial charge is 0.271 e. The molecule has 2 aliphatic rings. The van der Waals surface area contributed by atoms with Crippen LogP contribution in [0.4, 0.5) is 0 Å². The zero-order valence-electron chi connectivity index (χ0n) is 8.27. The summed E-state index contributed by atoms with van der Waals surface area (Å²) in [6, 6.07) is 1.61. The molecule has 1 fully saturated rings. The third-order valence-electron chi connectivity index (χ3n) is 3.52. The van der Waals surface area contributed by atoms with Crippen LogP contribution >= 0.6 is 0 Å². The van der Waals surface area contributed by atoms with Gasteiger partial charge in [0.2, 0.25) is 5.09 Å². The van der Waals surface area contributed by atoms with Crippen molar-refractivity contribution < 1.29 is 12.8 Å². The van der Waals surface area contributed by atoms with E-state index in [0.717, 1.165) is 30.6 Å². The fourth-order valence-corrected chi connectivity index (χ4v) is 3.38. The number of nitrogens with two attached hydrogens (primary N) is 1. The zero-order valence-corrected chi connectivity index (χ0v) is 9.09. The monoisotopic (exact) mass is 227 g/mol. The highest BCUT2D eigenvalue weighted by Crippen LogP contribution is 2.47. The van der Waals surface area contributed by atoms with Crippen LogP contribution in [-0.2, 0) is 16.4 Å². The molecule has 82 valence electrons. The van der Waals surface area contributed by atoms with Crippen LogP contribution in [0.5, 0.6) is 0 Å². The van der Waals surface area contributed by atoms with Gasteiger partial charge in [0.15, 0.2) is 0 Å². The van der Waals surface area contributed by atoms with Gasteiger partial charge in [0.1, 0.15) is 5.76 Å². The maximum Gasteiger partial charge on any atom is 0.271 e. The number of primary sulfonamides is 1. The van der Waals surface area contributed by atoms with Crippen molar-refractivity contribution in [2.45, 2.75) is 36.7 Å². The molecule has 0 aliphatic heterocycles. The van der Waals surface area contributed by atoms with Crippen LogP contribution in [0.1, 0.15) is 36.5 Å². The second-order valence-corrected chi connectivity index (χ2v) is 6.07. The molecule has 1 aromatic rings. The summed E-state index contributed by atoms with van der Waals surface area (Å²) in [5.41, 5.74) is 1.05. The molecule has 15 heavy (non-hydrogen) atoms. The summed E-state index contributed by atoms with van der Waals surface area (Å²) in [4.78, 5) is 0. The van der Waals surface area contributed by atoms with Crippen LogP contribution in [0.3, 0.4) is 0 Å². The Morgan fingerprint density at radius 1 is 1.40 bits per heavy atom. The van der Waals surface area contributed by atoms with Gasteiger partial charge in [-0.15, -0.1) is 0 Å². The fourth-order valence-electron chi connectivity index (χ4n) is 2.87. The van der Waals surface area contributed by atoms with E-state index in [2.05, 4.69) is 0 Å². The second kappa shape index (κ2) is 2.86. The number of fused-ring (bicyclic) bond motifs is 4. The molecule has 5 heteroatoms. The quantitative estimate of drug-likeness (QED) is 0.787. The van der Waals surface area contributed by atoms with E-state index in [-0.39, 0.29) is 5.09 Å².